The summed E-state index contributed by atoms with van der Waals surface area (Å²) in [6.07, 6.45) is 0. The van der Waals surface area contributed by atoms with Gasteiger partial charge in [-0.2, -0.15) is 0 Å². The lowest BCUT2D eigenvalue weighted by molar-refractivity contribution is 0.0684. The van der Waals surface area contributed by atoms with Crippen LogP contribution in [0.1, 0.15) is 36.6 Å². The fourth-order valence-electron chi connectivity index (χ4n) is 2.32. The maximum atomic E-state index is 11.7. The van der Waals surface area contributed by atoms with E-state index in [9.17, 15) is 19.5 Å². The van der Waals surface area contributed by atoms with Crippen LogP contribution in [0.15, 0.2) is 36.4 Å². The van der Waals surface area contributed by atoms with Crippen molar-refractivity contribution in [3.63, 3.8) is 0 Å². The van der Waals surface area contributed by atoms with Crippen molar-refractivity contribution in [3.8, 4) is 11.1 Å². The van der Waals surface area contributed by atoms with Gasteiger partial charge in [0.25, 0.3) is 5.91 Å². The second-order valence-corrected chi connectivity index (χ2v) is 4.98. The SMILES string of the molecule is CNC(=O)c1ccc(-c2ccc(C(=O)O)c(C)c2)cc1C(=O)O. The van der Waals surface area contributed by atoms with Gasteiger partial charge in [-0.1, -0.05) is 18.2 Å². The molecule has 2 aromatic rings. The molecule has 0 bridgehead atoms. The molecular weight excluding hydrogens is 298 g/mol. The summed E-state index contributed by atoms with van der Waals surface area (Å²) in [6, 6.07) is 9.23. The Kier molecular flexibility index (Phi) is 4.45. The van der Waals surface area contributed by atoms with Gasteiger partial charge >= 0.3 is 11.9 Å². The molecule has 23 heavy (non-hydrogen) atoms. The van der Waals surface area contributed by atoms with Gasteiger partial charge < -0.3 is 15.5 Å². The number of aromatic carboxylic acids is 2. The number of amides is 1. The van der Waals surface area contributed by atoms with Crippen molar-refractivity contribution in [2.45, 2.75) is 6.92 Å². The standard InChI is InChI=1S/C17H15NO5/c1-9-7-10(3-5-12(9)16(20)21)11-4-6-13(15(19)18-2)14(8-11)17(22)23/h3-8H,1-2H3,(H,18,19)(H,20,21)(H,22,23). The molecule has 0 aliphatic heterocycles. The monoisotopic (exact) mass is 313 g/mol. The van der Waals surface area contributed by atoms with Crippen LogP contribution < -0.4 is 5.32 Å². The number of carbonyl (C=O) groups is 3. The summed E-state index contributed by atoms with van der Waals surface area (Å²) in [5.41, 5.74) is 1.99. The number of rotatable bonds is 4. The average Bonchev–Trinajstić information content (AvgIpc) is 2.53. The van der Waals surface area contributed by atoms with Gasteiger partial charge in [0, 0.05) is 7.05 Å². The van der Waals surface area contributed by atoms with Crippen LogP contribution in [0.3, 0.4) is 0 Å². The van der Waals surface area contributed by atoms with Gasteiger partial charge in [-0.25, -0.2) is 9.59 Å². The Labute approximate surface area is 132 Å². The number of carbonyl (C=O) groups excluding carboxylic acids is 1. The Morgan fingerprint density at radius 2 is 1.35 bits per heavy atom. The summed E-state index contributed by atoms with van der Waals surface area (Å²) in [5, 5.41) is 20.7. The lowest BCUT2D eigenvalue weighted by atomic mass is 9.96. The summed E-state index contributed by atoms with van der Waals surface area (Å²) < 4.78 is 0. The molecule has 0 aromatic heterocycles. The summed E-state index contributed by atoms with van der Waals surface area (Å²) >= 11 is 0. The van der Waals surface area contributed by atoms with E-state index < -0.39 is 17.8 Å². The number of hydrogen-bond acceptors (Lipinski definition) is 3. The van der Waals surface area contributed by atoms with E-state index in [1.165, 1.54) is 25.2 Å². The van der Waals surface area contributed by atoms with Gasteiger partial charge in [-0.3, -0.25) is 4.79 Å². The van der Waals surface area contributed by atoms with Gasteiger partial charge in [0.05, 0.1) is 16.7 Å². The van der Waals surface area contributed by atoms with E-state index in [0.717, 1.165) is 0 Å². The Morgan fingerprint density at radius 3 is 1.83 bits per heavy atom. The summed E-state index contributed by atoms with van der Waals surface area (Å²) in [4.78, 5) is 34.1. The zero-order chi connectivity index (χ0) is 17.1. The molecule has 0 spiro atoms. The van der Waals surface area contributed by atoms with Crippen molar-refractivity contribution in [1.82, 2.24) is 5.32 Å². The van der Waals surface area contributed by atoms with Crippen LogP contribution >= 0.6 is 0 Å². The van der Waals surface area contributed by atoms with Crippen LogP contribution in [-0.4, -0.2) is 35.1 Å². The minimum atomic E-state index is -1.20. The zero-order valence-corrected chi connectivity index (χ0v) is 12.6. The third-order valence-electron chi connectivity index (χ3n) is 3.51. The average molecular weight is 313 g/mol. The van der Waals surface area contributed by atoms with E-state index in [-0.39, 0.29) is 16.7 Å². The van der Waals surface area contributed by atoms with Crippen molar-refractivity contribution < 1.29 is 24.6 Å². The number of carboxylic acid groups (broad SMARTS) is 2. The van der Waals surface area contributed by atoms with Crippen molar-refractivity contribution in [1.29, 1.82) is 0 Å². The first kappa shape index (κ1) is 16.2. The first-order chi connectivity index (χ1) is 10.8. The topological polar surface area (TPSA) is 104 Å². The fourth-order valence-corrected chi connectivity index (χ4v) is 2.32. The minimum absolute atomic E-state index is 0.0719. The molecule has 0 fully saturated rings. The highest BCUT2D eigenvalue weighted by Crippen LogP contribution is 2.25. The maximum absolute atomic E-state index is 11.7. The minimum Gasteiger partial charge on any atom is -0.478 e. The van der Waals surface area contributed by atoms with Crippen molar-refractivity contribution >= 4 is 17.8 Å². The molecule has 0 radical (unpaired) electrons. The van der Waals surface area contributed by atoms with Gasteiger partial charge in [-0.15, -0.1) is 0 Å². The molecule has 0 heterocycles. The van der Waals surface area contributed by atoms with Crippen LogP contribution in [0.25, 0.3) is 11.1 Å². The molecule has 1 amide bonds. The molecule has 6 nitrogen and oxygen atoms in total. The van der Waals surface area contributed by atoms with Crippen LogP contribution in [0.4, 0.5) is 0 Å². The third kappa shape index (κ3) is 3.21. The van der Waals surface area contributed by atoms with E-state index in [0.29, 0.717) is 16.7 Å². The van der Waals surface area contributed by atoms with Gasteiger partial charge in [0.1, 0.15) is 0 Å². The second kappa shape index (κ2) is 6.31. The predicted molar refractivity (Wildman–Crippen MR) is 83.9 cm³/mol. The van der Waals surface area contributed by atoms with E-state index in [1.807, 2.05) is 0 Å². The van der Waals surface area contributed by atoms with Crippen molar-refractivity contribution in [2.75, 3.05) is 7.05 Å². The predicted octanol–water partition coefficient (Wildman–Crippen LogP) is 2.42. The summed E-state index contributed by atoms with van der Waals surface area (Å²) in [7, 11) is 1.43. The highest BCUT2D eigenvalue weighted by molar-refractivity contribution is 6.05. The Bertz CT molecular complexity index is 811. The fraction of sp³-hybridized carbons (Fsp3) is 0.118. The molecule has 0 unspecified atom stereocenters. The Balaban J connectivity index is 2.55. The first-order valence-corrected chi connectivity index (χ1v) is 6.79. The van der Waals surface area contributed by atoms with Crippen LogP contribution in [0.2, 0.25) is 0 Å². The molecule has 0 atom stereocenters. The lowest BCUT2D eigenvalue weighted by Gasteiger charge is -2.10. The van der Waals surface area contributed by atoms with Gasteiger partial charge in [-0.05, 0) is 41.8 Å². The third-order valence-corrected chi connectivity index (χ3v) is 3.51. The van der Waals surface area contributed by atoms with E-state index in [1.54, 1.807) is 25.1 Å². The molecule has 118 valence electrons. The number of aryl methyl sites for hydroxylation is 1. The molecule has 3 N–H and O–H groups in total. The molecule has 2 rings (SSSR count). The summed E-state index contributed by atoms with van der Waals surface area (Å²) in [5.74, 6) is -2.70. The van der Waals surface area contributed by atoms with E-state index >= 15 is 0 Å². The molecular formula is C17H15NO5. The van der Waals surface area contributed by atoms with Crippen LogP contribution in [0.5, 0.6) is 0 Å². The Morgan fingerprint density at radius 1 is 0.826 bits per heavy atom. The van der Waals surface area contributed by atoms with Gasteiger partial charge in [0.2, 0.25) is 0 Å². The number of hydrogen-bond donors (Lipinski definition) is 3. The molecule has 0 saturated heterocycles. The lowest BCUT2D eigenvalue weighted by Crippen LogP contribution is -2.21. The molecule has 2 aromatic carbocycles. The molecule has 0 aliphatic carbocycles. The highest BCUT2D eigenvalue weighted by atomic mass is 16.4. The van der Waals surface area contributed by atoms with E-state index in [4.69, 9.17) is 5.11 Å². The molecule has 6 heteroatoms. The number of nitrogens with one attached hydrogen (secondary N) is 1. The van der Waals surface area contributed by atoms with Crippen molar-refractivity contribution in [3.05, 3.63) is 58.7 Å². The molecule has 0 saturated carbocycles. The number of benzene rings is 2. The van der Waals surface area contributed by atoms with Gasteiger partial charge in [0.15, 0.2) is 0 Å². The molecule has 0 aliphatic rings. The number of carboxylic acids is 2. The van der Waals surface area contributed by atoms with E-state index in [2.05, 4.69) is 5.32 Å². The largest absolute Gasteiger partial charge is 0.478 e. The van der Waals surface area contributed by atoms with Crippen molar-refractivity contribution in [2.24, 2.45) is 0 Å². The Hall–Kier alpha value is -3.15. The quantitative estimate of drug-likeness (QED) is 0.804. The summed E-state index contributed by atoms with van der Waals surface area (Å²) in [6.45, 7) is 1.67. The zero-order valence-electron chi connectivity index (χ0n) is 12.6. The van der Waals surface area contributed by atoms with Crippen LogP contribution in [-0.2, 0) is 0 Å². The second-order valence-electron chi connectivity index (χ2n) is 4.98. The normalized spacial score (nSPS) is 10.2. The smallest absolute Gasteiger partial charge is 0.336 e. The highest BCUT2D eigenvalue weighted by Gasteiger charge is 2.17. The maximum Gasteiger partial charge on any atom is 0.336 e. The van der Waals surface area contributed by atoms with Crippen LogP contribution in [0, 0.1) is 6.92 Å². The first-order valence-electron chi connectivity index (χ1n) is 6.79.